The van der Waals surface area contributed by atoms with Crippen LogP contribution in [-0.4, -0.2) is 0 Å². The van der Waals surface area contributed by atoms with Crippen LogP contribution in [0.5, 0.6) is 0 Å². The fourth-order valence-electron chi connectivity index (χ4n) is 5.75. The van der Waals surface area contributed by atoms with Gasteiger partial charge in [-0.15, -0.1) is 12.1 Å². The molecule has 8 aromatic rings. The maximum Gasteiger partial charge on any atom is 0.102 e. The largest absolute Gasteiger partial charge is 0.226 e. The van der Waals surface area contributed by atoms with E-state index in [1.807, 2.05) is 48.5 Å². The molecule has 0 saturated heterocycles. The minimum Gasteiger partial charge on any atom is -0.226 e. The van der Waals surface area contributed by atoms with Crippen molar-refractivity contribution in [3.63, 3.8) is 0 Å². The van der Waals surface area contributed by atoms with Gasteiger partial charge in [-0.25, -0.2) is 11.1 Å². The van der Waals surface area contributed by atoms with Crippen molar-refractivity contribution in [3.8, 4) is 11.1 Å². The minimum atomic E-state index is -0.877. The molecule has 0 nitrogen and oxygen atoms in total. The fourth-order valence-corrected chi connectivity index (χ4v) is 10.9. The molecule has 0 bridgehead atoms. The summed E-state index contributed by atoms with van der Waals surface area (Å²) in [6, 6.07) is 87.1. The molecule has 8 rings (SSSR count). The molecule has 0 aliphatic carbocycles. The number of benzene rings is 8. The maximum atomic E-state index is 4.64. The van der Waals surface area contributed by atoms with Crippen molar-refractivity contribution >= 4 is 57.3 Å². The van der Waals surface area contributed by atoms with Gasteiger partial charge in [0, 0.05) is 0 Å². The Balaban J connectivity index is 0.000000151. The van der Waals surface area contributed by atoms with Gasteiger partial charge in [-0.2, -0.15) is 48.5 Å². The molecule has 4 heteroatoms. The van der Waals surface area contributed by atoms with Crippen molar-refractivity contribution in [2.75, 3.05) is 0 Å². The van der Waals surface area contributed by atoms with Gasteiger partial charge in [0.05, 0.1) is 15.8 Å². The molecule has 0 spiro atoms. The van der Waals surface area contributed by atoms with Crippen molar-refractivity contribution in [1.82, 2.24) is 0 Å². The standard InChI is InChI=1S/2C18H15P.C12H8.ClH.Ir/c2*1-4-10-16(11-5-1)19(17-12-6-2-7-13-17)18-14-8-3-9-15-18;1-3-7-11(8-4-1)12-9-5-2-6-10-12;;/h2*1-15H;1-7,9H;1H;/q;;-2;;+3/p+1. The Morgan fingerprint density at radius 2 is 0.462 bits per heavy atom. The van der Waals surface area contributed by atoms with Crippen LogP contribution in [0.1, 0.15) is 0 Å². The molecule has 0 aromatic heterocycles. The molecule has 0 atom stereocenters. The zero-order valence-corrected chi connectivity index (χ0v) is 33.8. The second-order valence-electron chi connectivity index (χ2n) is 11.5. The molecular weight excluding hydrogens is 866 g/mol. The van der Waals surface area contributed by atoms with E-state index < -0.39 is 15.8 Å². The molecule has 0 unspecified atom stereocenters. The van der Waals surface area contributed by atoms with Crippen LogP contribution in [0.15, 0.2) is 231 Å². The maximum absolute atomic E-state index is 4.64. The Hall–Kier alpha value is -4.44. The second-order valence-corrected chi connectivity index (χ2v) is 16.5. The molecule has 52 heavy (non-hydrogen) atoms. The van der Waals surface area contributed by atoms with Gasteiger partial charge in [0.25, 0.3) is 0 Å². The topological polar surface area (TPSA) is 0 Å². The first kappa shape index (κ1) is 38.8. The summed E-state index contributed by atoms with van der Waals surface area (Å²) in [5, 5.41) is 8.61. The predicted octanol–water partition coefficient (Wildman–Crippen LogP) is 10.00. The van der Waals surface area contributed by atoms with Gasteiger partial charge in [0.2, 0.25) is 0 Å². The van der Waals surface area contributed by atoms with Crippen LogP contribution in [0.25, 0.3) is 11.1 Å². The summed E-state index contributed by atoms with van der Waals surface area (Å²) in [6.07, 6.45) is 0. The van der Waals surface area contributed by atoms with E-state index in [0.29, 0.717) is 0 Å². The zero-order valence-electron chi connectivity index (χ0n) is 28.7. The average molecular weight is 906 g/mol. The average Bonchev–Trinajstić information content (AvgIpc) is 3.25. The van der Waals surface area contributed by atoms with Gasteiger partial charge in [-0.3, -0.25) is 0 Å². The van der Waals surface area contributed by atoms with Crippen LogP contribution < -0.4 is 31.8 Å². The van der Waals surface area contributed by atoms with Gasteiger partial charge in [0.1, 0.15) is 31.8 Å². The normalized spacial score (nSPS) is 10.1. The van der Waals surface area contributed by atoms with E-state index in [4.69, 9.17) is 0 Å². The summed E-state index contributed by atoms with van der Waals surface area (Å²) in [6.45, 7) is 0. The summed E-state index contributed by atoms with van der Waals surface area (Å²) in [5.41, 5.74) is 2.19. The van der Waals surface area contributed by atoms with E-state index in [1.54, 1.807) is 0 Å². The van der Waals surface area contributed by atoms with Crippen LogP contribution in [0.3, 0.4) is 0 Å². The van der Waals surface area contributed by atoms with E-state index in [2.05, 4.69) is 204 Å². The van der Waals surface area contributed by atoms with E-state index in [-0.39, 0.29) is 0 Å². The van der Waals surface area contributed by atoms with Crippen molar-refractivity contribution in [2.45, 2.75) is 0 Å². The van der Waals surface area contributed by atoms with Gasteiger partial charge in [0.15, 0.2) is 0 Å². The van der Waals surface area contributed by atoms with Crippen molar-refractivity contribution in [1.29, 1.82) is 0 Å². The van der Waals surface area contributed by atoms with Crippen molar-refractivity contribution < 1.29 is 17.9 Å². The number of hydrogen-bond acceptors (Lipinski definition) is 0. The second kappa shape index (κ2) is 22.5. The Labute approximate surface area is 326 Å². The first-order valence-corrected chi connectivity index (χ1v) is 23.0. The van der Waals surface area contributed by atoms with E-state index in [0.717, 1.165) is 11.1 Å². The van der Waals surface area contributed by atoms with Gasteiger partial charge >= 0.3 is 27.5 Å². The Bertz CT molecular complexity index is 1730. The molecule has 0 saturated carbocycles. The Kier molecular flexibility index (Phi) is 16.8. The number of hydrogen-bond donors (Lipinski definition) is 0. The van der Waals surface area contributed by atoms with Crippen LogP contribution in [-0.2, 0) is 17.9 Å². The molecular formula is C48H40ClIrP2+2. The SMILES string of the molecule is [Cl][Ir+2].[c-]1ccccc1-c1[c-]cccc1.c1ccc([PH+](c2ccccc2)c2ccccc2)cc1.c1ccc([PH+](c2ccccc2)c2ccccc2)cc1. The predicted molar refractivity (Wildman–Crippen MR) is 228 cm³/mol. The first-order valence-electron chi connectivity index (χ1n) is 17.0. The zero-order chi connectivity index (χ0) is 36.1. The summed E-state index contributed by atoms with van der Waals surface area (Å²) >= 11 is 1.47. The quantitative estimate of drug-likeness (QED) is 0.110. The third-order valence-corrected chi connectivity index (χ3v) is 13.5. The minimum absolute atomic E-state index is 0.877. The summed E-state index contributed by atoms with van der Waals surface area (Å²) in [5.74, 6) is 0. The summed E-state index contributed by atoms with van der Waals surface area (Å²) in [7, 11) is 2.88. The van der Waals surface area contributed by atoms with Crippen LogP contribution in [0.2, 0.25) is 0 Å². The van der Waals surface area contributed by atoms with Crippen molar-refractivity contribution in [3.05, 3.63) is 243 Å². The van der Waals surface area contributed by atoms with Gasteiger partial charge < -0.3 is 0 Å². The van der Waals surface area contributed by atoms with E-state index in [1.165, 1.54) is 49.7 Å². The van der Waals surface area contributed by atoms with Crippen molar-refractivity contribution in [2.24, 2.45) is 0 Å². The summed E-state index contributed by atoms with van der Waals surface area (Å²) < 4.78 is 0. The Morgan fingerprint density at radius 3 is 0.635 bits per heavy atom. The molecule has 256 valence electrons. The monoisotopic (exact) mass is 906 g/mol. The van der Waals surface area contributed by atoms with Gasteiger partial charge in [-0.1, -0.05) is 109 Å². The molecule has 0 N–H and O–H groups in total. The molecule has 0 radical (unpaired) electrons. The summed E-state index contributed by atoms with van der Waals surface area (Å²) in [4.78, 5) is 0. The van der Waals surface area contributed by atoms with E-state index >= 15 is 0 Å². The third kappa shape index (κ3) is 11.8. The third-order valence-electron chi connectivity index (χ3n) is 8.08. The molecule has 0 aliphatic heterocycles. The van der Waals surface area contributed by atoms with E-state index in [9.17, 15) is 0 Å². The molecule has 8 aromatic carbocycles. The first-order chi connectivity index (χ1) is 25.9. The molecule has 0 fully saturated rings. The molecule has 0 heterocycles. The fraction of sp³-hybridized carbons (Fsp3) is 0. The number of rotatable bonds is 7. The number of halogens is 1. The van der Waals surface area contributed by atoms with Gasteiger partial charge in [-0.05, 0) is 72.8 Å². The van der Waals surface area contributed by atoms with Crippen LogP contribution >= 0.6 is 25.4 Å². The van der Waals surface area contributed by atoms with Crippen LogP contribution in [0.4, 0.5) is 0 Å². The molecule has 0 aliphatic rings. The molecule has 0 amide bonds. The van der Waals surface area contributed by atoms with Crippen LogP contribution in [0, 0.1) is 12.1 Å². The Morgan fingerprint density at radius 1 is 0.269 bits per heavy atom. The smallest absolute Gasteiger partial charge is 0.102 e.